The molecule has 3 aromatic rings. The van der Waals surface area contributed by atoms with Crippen molar-refractivity contribution in [3.8, 4) is 0 Å². The van der Waals surface area contributed by atoms with Gasteiger partial charge in [-0.1, -0.05) is 12.1 Å². The van der Waals surface area contributed by atoms with Crippen molar-refractivity contribution >= 4 is 17.4 Å². The Bertz CT molecular complexity index is 1300. The van der Waals surface area contributed by atoms with E-state index in [0.717, 1.165) is 0 Å². The van der Waals surface area contributed by atoms with Crippen molar-refractivity contribution in [2.24, 2.45) is 5.41 Å². The molecule has 2 fully saturated rings. The van der Waals surface area contributed by atoms with E-state index in [9.17, 15) is 35.5 Å². The highest BCUT2D eigenvalue weighted by Crippen LogP contribution is 2.41. The highest BCUT2D eigenvalue weighted by Gasteiger charge is 2.50. The van der Waals surface area contributed by atoms with Gasteiger partial charge in [-0.3, -0.25) is 9.69 Å². The maximum Gasteiger partial charge on any atom is 0.435 e. The second-order valence-corrected chi connectivity index (χ2v) is 9.13. The van der Waals surface area contributed by atoms with E-state index < -0.39 is 41.2 Å². The van der Waals surface area contributed by atoms with E-state index in [1.165, 1.54) is 24.3 Å². The SMILES string of the molecule is O=C1CC2(CN1)CN([C@@H](CNc1cc(C(F)(F)F)nc3cc(C(F)(F)F)nn13)c1ccc(F)cc1)C2. The summed E-state index contributed by atoms with van der Waals surface area (Å²) >= 11 is 0. The third-order valence-electron chi connectivity index (χ3n) is 6.45. The molecular weight excluding hydrogens is 497 g/mol. The molecule has 1 spiro atoms. The Morgan fingerprint density at radius 1 is 1.03 bits per heavy atom. The number of anilines is 1. The first-order chi connectivity index (χ1) is 16.8. The minimum Gasteiger partial charge on any atom is -0.368 e. The predicted molar refractivity (Wildman–Crippen MR) is 112 cm³/mol. The lowest BCUT2D eigenvalue weighted by atomic mass is 9.77. The number of hydrogen-bond donors (Lipinski definition) is 2. The first kappa shape index (κ1) is 24.3. The van der Waals surface area contributed by atoms with E-state index in [2.05, 4.69) is 20.7 Å². The minimum absolute atomic E-state index is 0.0271. The molecule has 4 heterocycles. The summed E-state index contributed by atoms with van der Waals surface area (Å²) in [4.78, 5) is 17.0. The van der Waals surface area contributed by atoms with Gasteiger partial charge in [0.25, 0.3) is 0 Å². The Morgan fingerprint density at radius 2 is 1.69 bits per heavy atom. The summed E-state index contributed by atoms with van der Waals surface area (Å²) in [5, 5.41) is 8.98. The van der Waals surface area contributed by atoms with Crippen LogP contribution in [0.25, 0.3) is 5.65 Å². The summed E-state index contributed by atoms with van der Waals surface area (Å²) in [6.07, 6.45) is -9.43. The lowest BCUT2D eigenvalue weighted by Crippen LogP contribution is -2.59. The summed E-state index contributed by atoms with van der Waals surface area (Å²) in [5.41, 5.74) is -2.98. The van der Waals surface area contributed by atoms with Gasteiger partial charge in [0.1, 0.15) is 11.6 Å². The van der Waals surface area contributed by atoms with Crippen LogP contribution < -0.4 is 10.6 Å². The Kier molecular flexibility index (Phi) is 5.61. The number of likely N-dealkylation sites (tertiary alicyclic amines) is 1. The summed E-state index contributed by atoms with van der Waals surface area (Å²) in [6.45, 7) is 1.49. The highest BCUT2D eigenvalue weighted by atomic mass is 19.4. The van der Waals surface area contributed by atoms with Crippen molar-refractivity contribution < 1.29 is 35.5 Å². The van der Waals surface area contributed by atoms with Crippen molar-refractivity contribution in [1.82, 2.24) is 24.8 Å². The number of nitrogens with zero attached hydrogens (tertiary/aromatic N) is 4. The van der Waals surface area contributed by atoms with Crippen LogP contribution in [-0.4, -0.2) is 51.6 Å². The molecular formula is C22H19F7N6O. The van der Waals surface area contributed by atoms with Gasteiger partial charge in [-0.05, 0) is 17.7 Å². The van der Waals surface area contributed by atoms with E-state index >= 15 is 0 Å². The van der Waals surface area contributed by atoms with Crippen LogP contribution in [0.2, 0.25) is 0 Å². The largest absolute Gasteiger partial charge is 0.435 e. The molecule has 5 rings (SSSR count). The fourth-order valence-corrected chi connectivity index (χ4v) is 4.74. The summed E-state index contributed by atoms with van der Waals surface area (Å²) in [6, 6.07) is 6.12. The average Bonchev–Trinajstić information content (AvgIpc) is 3.38. The molecule has 0 unspecified atom stereocenters. The van der Waals surface area contributed by atoms with E-state index in [1.54, 1.807) is 0 Å². The second-order valence-electron chi connectivity index (χ2n) is 9.13. The Morgan fingerprint density at radius 3 is 2.28 bits per heavy atom. The molecule has 2 aromatic heterocycles. The lowest BCUT2D eigenvalue weighted by molar-refractivity contribution is -0.142. The number of amides is 1. The van der Waals surface area contributed by atoms with Crippen LogP contribution in [-0.2, 0) is 17.1 Å². The zero-order valence-corrected chi connectivity index (χ0v) is 18.4. The number of rotatable bonds is 5. The maximum absolute atomic E-state index is 13.5. The predicted octanol–water partition coefficient (Wildman–Crippen LogP) is 3.88. The van der Waals surface area contributed by atoms with E-state index in [1.807, 2.05) is 4.90 Å². The van der Waals surface area contributed by atoms with E-state index in [0.29, 0.717) is 48.3 Å². The summed E-state index contributed by atoms with van der Waals surface area (Å²) in [7, 11) is 0. The van der Waals surface area contributed by atoms with Crippen molar-refractivity contribution in [3.63, 3.8) is 0 Å². The van der Waals surface area contributed by atoms with Gasteiger partial charge in [-0.15, -0.1) is 0 Å². The topological polar surface area (TPSA) is 74.6 Å². The quantitative estimate of drug-likeness (QED) is 0.504. The van der Waals surface area contributed by atoms with Crippen molar-refractivity contribution in [3.05, 3.63) is 59.2 Å². The first-order valence-corrected chi connectivity index (χ1v) is 10.9. The normalized spacial score (nSPS) is 18.9. The summed E-state index contributed by atoms with van der Waals surface area (Å²) in [5.74, 6) is -0.870. The molecule has 14 heteroatoms. The van der Waals surface area contributed by atoms with Gasteiger partial charge in [-0.25, -0.2) is 9.37 Å². The number of alkyl halides is 6. The van der Waals surface area contributed by atoms with Crippen LogP contribution in [0.15, 0.2) is 36.4 Å². The zero-order chi connectivity index (χ0) is 25.9. The first-order valence-electron chi connectivity index (χ1n) is 10.9. The number of carbonyl (C=O) groups is 1. The fourth-order valence-electron chi connectivity index (χ4n) is 4.74. The second kappa shape index (κ2) is 8.32. The molecule has 2 aliphatic rings. The lowest BCUT2D eigenvalue weighted by Gasteiger charge is -2.51. The molecule has 192 valence electrons. The van der Waals surface area contributed by atoms with Gasteiger partial charge in [0.05, 0.1) is 6.04 Å². The van der Waals surface area contributed by atoms with Gasteiger partial charge in [0, 0.05) is 50.1 Å². The molecule has 2 N–H and O–H groups in total. The minimum atomic E-state index is -4.90. The van der Waals surface area contributed by atoms with E-state index in [4.69, 9.17) is 0 Å². The van der Waals surface area contributed by atoms with Crippen LogP contribution in [0.3, 0.4) is 0 Å². The third kappa shape index (κ3) is 4.56. The number of carbonyl (C=O) groups excluding carboxylic acids is 1. The molecule has 2 aliphatic heterocycles. The summed E-state index contributed by atoms with van der Waals surface area (Å²) < 4.78 is 94.0. The molecule has 2 saturated heterocycles. The van der Waals surface area contributed by atoms with Crippen LogP contribution in [0.5, 0.6) is 0 Å². The highest BCUT2D eigenvalue weighted by molar-refractivity contribution is 5.79. The fraction of sp³-hybridized carbons (Fsp3) is 0.409. The number of hydrogen-bond acceptors (Lipinski definition) is 5. The van der Waals surface area contributed by atoms with Crippen LogP contribution in [0.1, 0.15) is 29.4 Å². The van der Waals surface area contributed by atoms with Gasteiger partial charge >= 0.3 is 12.4 Å². The van der Waals surface area contributed by atoms with Crippen LogP contribution >= 0.6 is 0 Å². The molecule has 0 bridgehead atoms. The number of nitrogens with one attached hydrogen (secondary N) is 2. The molecule has 1 aromatic carbocycles. The Balaban J connectivity index is 1.46. The van der Waals surface area contributed by atoms with Gasteiger partial charge in [-0.2, -0.15) is 36.0 Å². The number of fused-ring (bicyclic) bond motifs is 1. The third-order valence-corrected chi connectivity index (χ3v) is 6.45. The van der Waals surface area contributed by atoms with Crippen molar-refractivity contribution in [2.45, 2.75) is 24.8 Å². The maximum atomic E-state index is 13.5. The van der Waals surface area contributed by atoms with Gasteiger partial charge in [0.2, 0.25) is 5.91 Å². The molecule has 0 radical (unpaired) electrons. The van der Waals surface area contributed by atoms with Crippen molar-refractivity contribution in [1.29, 1.82) is 0 Å². The number of aromatic nitrogens is 3. The number of halogens is 7. The molecule has 0 saturated carbocycles. The average molecular weight is 516 g/mol. The molecule has 1 amide bonds. The smallest absolute Gasteiger partial charge is 0.368 e. The van der Waals surface area contributed by atoms with Crippen LogP contribution in [0, 0.1) is 11.2 Å². The molecule has 36 heavy (non-hydrogen) atoms. The van der Waals surface area contributed by atoms with Gasteiger partial charge < -0.3 is 10.6 Å². The monoisotopic (exact) mass is 516 g/mol. The Labute approximate surface area is 199 Å². The molecule has 0 aliphatic carbocycles. The molecule has 1 atom stereocenters. The Hall–Kier alpha value is -3.42. The molecule has 7 nitrogen and oxygen atoms in total. The van der Waals surface area contributed by atoms with Crippen LogP contribution in [0.4, 0.5) is 36.6 Å². The standard InChI is InChI=1S/C22H19F7N6O/c23-13-3-1-12(2-4-13)14(34-10-20(11-34)7-19(36)31-9-20)8-30-17-5-15(21(24,25)26)32-18-6-16(22(27,28)29)33-35(17)18/h1-6,14,30H,7-11H2,(H,31,36)/t14-/m0/s1. The van der Waals surface area contributed by atoms with Crippen molar-refractivity contribution in [2.75, 3.05) is 31.5 Å². The number of benzene rings is 1. The van der Waals surface area contributed by atoms with Gasteiger partial charge in [0.15, 0.2) is 17.0 Å². The van der Waals surface area contributed by atoms with E-state index in [-0.39, 0.29) is 23.7 Å². The zero-order valence-electron chi connectivity index (χ0n) is 18.4.